The first-order chi connectivity index (χ1) is 9.97. The SMILES string of the molecule is Cc1cccn(CC(=O)Nc2cccc(C(N)=S)c2)c1=O. The van der Waals surface area contributed by atoms with E-state index in [9.17, 15) is 9.59 Å². The number of hydrogen-bond acceptors (Lipinski definition) is 3. The summed E-state index contributed by atoms with van der Waals surface area (Å²) in [6.45, 7) is 1.67. The first-order valence-corrected chi connectivity index (χ1v) is 6.74. The Morgan fingerprint density at radius 3 is 2.81 bits per heavy atom. The lowest BCUT2D eigenvalue weighted by molar-refractivity contribution is -0.116. The number of thiocarbonyl (C=S) groups is 1. The number of nitrogens with two attached hydrogens (primary N) is 1. The summed E-state index contributed by atoms with van der Waals surface area (Å²) in [4.78, 5) is 24.1. The van der Waals surface area contributed by atoms with Gasteiger partial charge in [-0.1, -0.05) is 30.4 Å². The van der Waals surface area contributed by atoms with Crippen molar-refractivity contribution in [3.05, 3.63) is 64.1 Å². The zero-order valence-electron chi connectivity index (χ0n) is 11.5. The monoisotopic (exact) mass is 301 g/mol. The van der Waals surface area contributed by atoms with Crippen LogP contribution in [0.5, 0.6) is 0 Å². The van der Waals surface area contributed by atoms with Crippen LogP contribution in [0.15, 0.2) is 47.4 Å². The average molecular weight is 301 g/mol. The van der Waals surface area contributed by atoms with E-state index in [0.717, 1.165) is 0 Å². The Kier molecular flexibility index (Phi) is 4.49. The van der Waals surface area contributed by atoms with Crippen LogP contribution in [-0.4, -0.2) is 15.5 Å². The maximum atomic E-state index is 12.0. The van der Waals surface area contributed by atoms with E-state index < -0.39 is 0 Å². The summed E-state index contributed by atoms with van der Waals surface area (Å²) in [6, 6.07) is 10.4. The van der Waals surface area contributed by atoms with Gasteiger partial charge in [-0.25, -0.2) is 0 Å². The minimum atomic E-state index is -0.289. The lowest BCUT2D eigenvalue weighted by Crippen LogP contribution is -2.28. The van der Waals surface area contributed by atoms with Gasteiger partial charge in [0.1, 0.15) is 11.5 Å². The van der Waals surface area contributed by atoms with Crippen molar-refractivity contribution in [2.24, 2.45) is 5.73 Å². The molecule has 0 spiro atoms. The van der Waals surface area contributed by atoms with Crippen molar-refractivity contribution in [2.45, 2.75) is 13.5 Å². The molecule has 0 saturated heterocycles. The van der Waals surface area contributed by atoms with Crippen LogP contribution in [0.2, 0.25) is 0 Å². The summed E-state index contributed by atoms with van der Waals surface area (Å²) >= 11 is 4.89. The second kappa shape index (κ2) is 6.32. The second-order valence-corrected chi connectivity index (χ2v) is 5.06. The van der Waals surface area contributed by atoms with Gasteiger partial charge in [0.05, 0.1) is 0 Å². The Balaban J connectivity index is 2.12. The van der Waals surface area contributed by atoms with Gasteiger partial charge >= 0.3 is 0 Å². The molecule has 6 heteroatoms. The molecule has 0 atom stereocenters. The maximum Gasteiger partial charge on any atom is 0.253 e. The van der Waals surface area contributed by atoms with Gasteiger partial charge in [-0.3, -0.25) is 9.59 Å². The molecule has 0 bridgehead atoms. The number of carbonyl (C=O) groups excluding carboxylic acids is 1. The molecule has 21 heavy (non-hydrogen) atoms. The molecule has 108 valence electrons. The van der Waals surface area contributed by atoms with Crippen molar-refractivity contribution < 1.29 is 4.79 Å². The van der Waals surface area contributed by atoms with E-state index in [0.29, 0.717) is 16.8 Å². The smallest absolute Gasteiger partial charge is 0.253 e. The number of aryl methyl sites for hydroxylation is 1. The number of rotatable bonds is 4. The molecular weight excluding hydrogens is 286 g/mol. The Labute approximate surface area is 127 Å². The summed E-state index contributed by atoms with van der Waals surface area (Å²) in [5.41, 5.74) is 7.23. The van der Waals surface area contributed by atoms with Gasteiger partial charge < -0.3 is 15.6 Å². The summed E-state index contributed by atoms with van der Waals surface area (Å²) < 4.78 is 1.36. The first kappa shape index (κ1) is 14.9. The van der Waals surface area contributed by atoms with Crippen molar-refractivity contribution in [2.75, 3.05) is 5.32 Å². The van der Waals surface area contributed by atoms with E-state index in [1.54, 1.807) is 49.5 Å². The number of pyridine rings is 1. The summed E-state index contributed by atoms with van der Waals surface area (Å²) in [5.74, 6) is -0.289. The van der Waals surface area contributed by atoms with E-state index >= 15 is 0 Å². The number of aromatic nitrogens is 1. The van der Waals surface area contributed by atoms with E-state index in [1.165, 1.54) is 4.57 Å². The Bertz CT molecular complexity index is 753. The molecule has 3 N–H and O–H groups in total. The molecule has 0 fully saturated rings. The predicted octanol–water partition coefficient (Wildman–Crippen LogP) is 1.43. The largest absolute Gasteiger partial charge is 0.389 e. The molecule has 1 heterocycles. The van der Waals surface area contributed by atoms with E-state index in [1.807, 2.05) is 0 Å². The predicted molar refractivity (Wildman–Crippen MR) is 86.4 cm³/mol. The topological polar surface area (TPSA) is 77.1 Å². The third kappa shape index (κ3) is 3.76. The van der Waals surface area contributed by atoms with Crippen molar-refractivity contribution >= 4 is 28.8 Å². The van der Waals surface area contributed by atoms with E-state index in [2.05, 4.69) is 5.32 Å². The van der Waals surface area contributed by atoms with Crippen LogP contribution < -0.4 is 16.6 Å². The van der Waals surface area contributed by atoms with Gasteiger partial charge in [-0.2, -0.15) is 0 Å². The second-order valence-electron chi connectivity index (χ2n) is 4.62. The number of carbonyl (C=O) groups is 1. The van der Waals surface area contributed by atoms with Gasteiger partial charge in [-0.15, -0.1) is 0 Å². The zero-order chi connectivity index (χ0) is 15.4. The summed E-state index contributed by atoms with van der Waals surface area (Å²) in [6.07, 6.45) is 1.58. The Morgan fingerprint density at radius 1 is 1.33 bits per heavy atom. The van der Waals surface area contributed by atoms with Crippen molar-refractivity contribution in [3.8, 4) is 0 Å². The molecule has 1 amide bonds. The van der Waals surface area contributed by atoms with Crippen LogP contribution in [0.1, 0.15) is 11.1 Å². The molecule has 2 rings (SSSR count). The minimum absolute atomic E-state index is 0.0438. The van der Waals surface area contributed by atoms with Crippen LogP contribution in [0, 0.1) is 6.92 Å². The molecule has 0 unspecified atom stereocenters. The van der Waals surface area contributed by atoms with Crippen LogP contribution >= 0.6 is 12.2 Å². The molecule has 1 aromatic carbocycles. The summed E-state index contributed by atoms with van der Waals surface area (Å²) in [5, 5.41) is 2.72. The van der Waals surface area contributed by atoms with Crippen LogP contribution in [0.25, 0.3) is 0 Å². The van der Waals surface area contributed by atoms with Gasteiger partial charge in [0, 0.05) is 23.0 Å². The van der Waals surface area contributed by atoms with Gasteiger partial charge in [0.25, 0.3) is 5.56 Å². The van der Waals surface area contributed by atoms with Crippen LogP contribution in [-0.2, 0) is 11.3 Å². The number of nitrogens with zero attached hydrogens (tertiary/aromatic N) is 1. The highest BCUT2D eigenvalue weighted by atomic mass is 32.1. The molecule has 0 aliphatic heterocycles. The number of benzene rings is 1. The van der Waals surface area contributed by atoms with Crippen LogP contribution in [0.4, 0.5) is 5.69 Å². The Morgan fingerprint density at radius 2 is 2.10 bits per heavy atom. The van der Waals surface area contributed by atoms with Crippen LogP contribution in [0.3, 0.4) is 0 Å². The number of nitrogens with one attached hydrogen (secondary N) is 1. The average Bonchev–Trinajstić information content (AvgIpc) is 2.44. The van der Waals surface area contributed by atoms with Gasteiger partial charge in [0.15, 0.2) is 0 Å². The quantitative estimate of drug-likeness (QED) is 0.838. The van der Waals surface area contributed by atoms with Gasteiger partial charge in [0.2, 0.25) is 5.91 Å². The lowest BCUT2D eigenvalue weighted by Gasteiger charge is -2.09. The molecule has 5 nitrogen and oxygen atoms in total. The zero-order valence-corrected chi connectivity index (χ0v) is 12.3. The highest BCUT2D eigenvalue weighted by Crippen LogP contribution is 2.10. The molecular formula is C15H15N3O2S. The minimum Gasteiger partial charge on any atom is -0.389 e. The van der Waals surface area contributed by atoms with E-state index in [4.69, 9.17) is 18.0 Å². The third-order valence-electron chi connectivity index (χ3n) is 2.96. The van der Waals surface area contributed by atoms with E-state index in [-0.39, 0.29) is 23.0 Å². The molecule has 0 saturated carbocycles. The normalized spacial score (nSPS) is 10.1. The third-order valence-corrected chi connectivity index (χ3v) is 3.19. The van der Waals surface area contributed by atoms with Crippen molar-refractivity contribution in [1.82, 2.24) is 4.57 Å². The Hall–Kier alpha value is -2.47. The molecule has 0 aliphatic rings. The molecule has 2 aromatic rings. The maximum absolute atomic E-state index is 12.0. The first-order valence-electron chi connectivity index (χ1n) is 6.33. The standard InChI is InChI=1S/C15H15N3O2S/c1-10-4-3-7-18(15(10)20)9-13(19)17-12-6-2-5-11(8-12)14(16)21/h2-8H,9H2,1H3,(H2,16,21)(H,17,19). The summed E-state index contributed by atoms with van der Waals surface area (Å²) in [7, 11) is 0. The fraction of sp³-hybridized carbons (Fsp3) is 0.133. The lowest BCUT2D eigenvalue weighted by atomic mass is 10.2. The fourth-order valence-corrected chi connectivity index (χ4v) is 2.01. The van der Waals surface area contributed by atoms with Crippen molar-refractivity contribution in [3.63, 3.8) is 0 Å². The number of anilines is 1. The number of hydrogen-bond donors (Lipinski definition) is 2. The molecule has 1 aromatic heterocycles. The highest BCUT2D eigenvalue weighted by Gasteiger charge is 2.07. The number of amides is 1. The highest BCUT2D eigenvalue weighted by molar-refractivity contribution is 7.80. The molecule has 0 aliphatic carbocycles. The fourth-order valence-electron chi connectivity index (χ4n) is 1.89. The molecule has 0 radical (unpaired) electrons. The van der Waals surface area contributed by atoms with Crippen molar-refractivity contribution in [1.29, 1.82) is 0 Å². The van der Waals surface area contributed by atoms with Gasteiger partial charge in [-0.05, 0) is 25.1 Å².